The van der Waals surface area contributed by atoms with Gasteiger partial charge in [0.25, 0.3) is 0 Å². The molecule has 2 heterocycles. The average Bonchev–Trinajstić information content (AvgIpc) is 3.00. The molecule has 3 rings (SSSR count). The molecular formula is C17H21FN4O2. The highest BCUT2D eigenvalue weighted by molar-refractivity contribution is 5.79. The molecule has 0 saturated carbocycles. The maximum atomic E-state index is 13.3. The van der Waals surface area contributed by atoms with Crippen molar-refractivity contribution < 1.29 is 13.9 Å². The van der Waals surface area contributed by atoms with Gasteiger partial charge in [-0.15, -0.1) is 10.2 Å². The zero-order valence-corrected chi connectivity index (χ0v) is 13.9. The Morgan fingerprint density at radius 3 is 3.04 bits per heavy atom. The Balaban J connectivity index is 1.64. The van der Waals surface area contributed by atoms with Crippen molar-refractivity contribution in [3.63, 3.8) is 0 Å². The summed E-state index contributed by atoms with van der Waals surface area (Å²) in [5.74, 6) is 0.269. The largest absolute Gasteiger partial charge is 0.366 e. The molecule has 1 aromatic carbocycles. The van der Waals surface area contributed by atoms with E-state index in [0.717, 1.165) is 5.56 Å². The second-order valence-corrected chi connectivity index (χ2v) is 6.18. The summed E-state index contributed by atoms with van der Waals surface area (Å²) in [7, 11) is 1.85. The highest BCUT2D eigenvalue weighted by Crippen LogP contribution is 2.22. The van der Waals surface area contributed by atoms with Gasteiger partial charge in [0, 0.05) is 19.5 Å². The second-order valence-electron chi connectivity index (χ2n) is 6.18. The van der Waals surface area contributed by atoms with Crippen LogP contribution in [0.5, 0.6) is 0 Å². The van der Waals surface area contributed by atoms with Crippen LogP contribution in [0, 0.1) is 11.7 Å². The number of halogens is 1. The van der Waals surface area contributed by atoms with E-state index in [2.05, 4.69) is 10.2 Å². The Kier molecular flexibility index (Phi) is 4.89. The van der Waals surface area contributed by atoms with Crippen LogP contribution in [0.2, 0.25) is 0 Å². The topological polar surface area (TPSA) is 60.3 Å². The van der Waals surface area contributed by atoms with Gasteiger partial charge in [-0.25, -0.2) is 4.39 Å². The highest BCUT2D eigenvalue weighted by atomic mass is 19.1. The van der Waals surface area contributed by atoms with Crippen molar-refractivity contribution in [2.45, 2.75) is 19.4 Å². The van der Waals surface area contributed by atoms with Crippen LogP contribution in [-0.4, -0.2) is 45.3 Å². The summed E-state index contributed by atoms with van der Waals surface area (Å²) in [5, 5.41) is 7.92. The summed E-state index contributed by atoms with van der Waals surface area (Å²) >= 11 is 0. The third-order valence-corrected chi connectivity index (χ3v) is 4.27. The van der Waals surface area contributed by atoms with Crippen molar-refractivity contribution >= 4 is 5.91 Å². The average molecular weight is 332 g/mol. The molecule has 1 saturated heterocycles. The molecule has 6 nitrogen and oxygen atoms in total. The summed E-state index contributed by atoms with van der Waals surface area (Å²) in [5.41, 5.74) is 0.828. The summed E-state index contributed by atoms with van der Waals surface area (Å²) < 4.78 is 20.8. The minimum atomic E-state index is -0.277. The van der Waals surface area contributed by atoms with Gasteiger partial charge in [0.2, 0.25) is 5.91 Å². The van der Waals surface area contributed by atoms with E-state index in [1.54, 1.807) is 21.9 Å². The number of rotatable bonds is 4. The van der Waals surface area contributed by atoms with E-state index in [9.17, 15) is 9.18 Å². The van der Waals surface area contributed by atoms with E-state index in [-0.39, 0.29) is 23.7 Å². The van der Waals surface area contributed by atoms with E-state index in [1.807, 2.05) is 20.0 Å². The molecule has 0 aliphatic carbocycles. The van der Waals surface area contributed by atoms with Crippen molar-refractivity contribution in [2.24, 2.45) is 13.0 Å². The van der Waals surface area contributed by atoms with Gasteiger partial charge in [0.05, 0.1) is 13.2 Å². The van der Waals surface area contributed by atoms with Crippen LogP contribution in [0.4, 0.5) is 4.39 Å². The maximum absolute atomic E-state index is 13.3. The Labute approximate surface area is 140 Å². The number of aromatic nitrogens is 3. The normalized spacial score (nSPS) is 19.3. The number of carbonyl (C=O) groups is 1. The number of amides is 1. The lowest BCUT2D eigenvalue weighted by Gasteiger charge is -2.34. The lowest BCUT2D eigenvalue weighted by molar-refractivity contribution is -0.143. The fraction of sp³-hybridized carbons (Fsp3) is 0.471. The minimum Gasteiger partial charge on any atom is -0.366 e. The summed E-state index contributed by atoms with van der Waals surface area (Å²) in [4.78, 5) is 14.5. The van der Waals surface area contributed by atoms with Gasteiger partial charge in [0.1, 0.15) is 18.2 Å². The molecule has 1 aromatic heterocycles. The van der Waals surface area contributed by atoms with Gasteiger partial charge in [-0.1, -0.05) is 19.1 Å². The van der Waals surface area contributed by atoms with Crippen molar-refractivity contribution in [3.05, 3.63) is 47.8 Å². The van der Waals surface area contributed by atoms with Crippen LogP contribution in [0.1, 0.15) is 24.4 Å². The molecule has 2 aromatic rings. The quantitative estimate of drug-likeness (QED) is 0.856. The third kappa shape index (κ3) is 3.62. The monoisotopic (exact) mass is 332 g/mol. The van der Waals surface area contributed by atoms with E-state index in [0.29, 0.717) is 31.9 Å². The molecule has 1 amide bonds. The van der Waals surface area contributed by atoms with Crippen molar-refractivity contribution in [2.75, 3.05) is 19.7 Å². The number of ether oxygens (including phenoxy) is 1. The molecule has 0 N–H and O–H groups in total. The number of hydrogen-bond donors (Lipinski definition) is 0. The first-order valence-corrected chi connectivity index (χ1v) is 8.03. The molecule has 24 heavy (non-hydrogen) atoms. The zero-order chi connectivity index (χ0) is 17.1. The van der Waals surface area contributed by atoms with E-state index >= 15 is 0 Å². The first-order chi connectivity index (χ1) is 11.5. The van der Waals surface area contributed by atoms with Crippen LogP contribution < -0.4 is 0 Å². The van der Waals surface area contributed by atoms with Crippen molar-refractivity contribution in [1.82, 2.24) is 19.7 Å². The van der Waals surface area contributed by atoms with E-state index in [1.165, 1.54) is 12.1 Å². The van der Waals surface area contributed by atoms with Crippen molar-refractivity contribution in [3.8, 4) is 0 Å². The van der Waals surface area contributed by atoms with Crippen LogP contribution in [0.25, 0.3) is 0 Å². The van der Waals surface area contributed by atoms with Crippen molar-refractivity contribution in [1.29, 1.82) is 0 Å². The molecular weight excluding hydrogens is 311 g/mol. The Morgan fingerprint density at radius 2 is 2.33 bits per heavy atom. The van der Waals surface area contributed by atoms with Crippen LogP contribution in [0.3, 0.4) is 0 Å². The standard InChI is InChI=1S/C17H21FN4O2/c1-12(8-13-4-3-5-14(18)9-13)17(23)22-6-7-24-15(10-22)16-20-19-11-21(16)2/h3-5,9,11-12,15H,6-8,10H2,1-2H3. The molecule has 0 radical (unpaired) electrons. The van der Waals surface area contributed by atoms with Gasteiger partial charge in [-0.3, -0.25) is 4.79 Å². The van der Waals surface area contributed by atoms with Gasteiger partial charge in [0.15, 0.2) is 5.82 Å². The Hall–Kier alpha value is -2.28. The molecule has 0 bridgehead atoms. The molecule has 0 spiro atoms. The molecule has 1 aliphatic rings. The first kappa shape index (κ1) is 16.6. The zero-order valence-electron chi connectivity index (χ0n) is 13.9. The number of carbonyl (C=O) groups excluding carboxylic acids is 1. The number of hydrogen-bond acceptors (Lipinski definition) is 4. The number of aryl methyl sites for hydroxylation is 1. The molecule has 1 aliphatic heterocycles. The SMILES string of the molecule is CC(Cc1cccc(F)c1)C(=O)N1CCOC(c2nncn2C)C1. The molecule has 2 atom stereocenters. The molecule has 2 unspecified atom stereocenters. The minimum absolute atomic E-state index is 0.0507. The van der Waals surface area contributed by atoms with Gasteiger partial charge in [-0.2, -0.15) is 0 Å². The fourth-order valence-corrected chi connectivity index (χ4v) is 3.01. The van der Waals surface area contributed by atoms with Gasteiger partial charge < -0.3 is 14.2 Å². The molecule has 7 heteroatoms. The lowest BCUT2D eigenvalue weighted by atomic mass is 9.99. The van der Waals surface area contributed by atoms with Crippen LogP contribution in [0.15, 0.2) is 30.6 Å². The number of nitrogens with zero attached hydrogens (tertiary/aromatic N) is 4. The summed E-state index contributed by atoms with van der Waals surface area (Å²) in [6.07, 6.45) is 1.87. The predicted octanol–water partition coefficient (Wildman–Crippen LogP) is 1.73. The highest BCUT2D eigenvalue weighted by Gasteiger charge is 2.30. The number of benzene rings is 1. The van der Waals surface area contributed by atoms with Crippen LogP contribution in [-0.2, 0) is 23.0 Å². The second kappa shape index (κ2) is 7.09. The van der Waals surface area contributed by atoms with Gasteiger partial charge in [-0.05, 0) is 24.1 Å². The van der Waals surface area contributed by atoms with E-state index < -0.39 is 0 Å². The van der Waals surface area contributed by atoms with Crippen LogP contribution >= 0.6 is 0 Å². The Bertz CT molecular complexity index is 718. The summed E-state index contributed by atoms with van der Waals surface area (Å²) in [6.45, 7) is 3.36. The predicted molar refractivity (Wildman–Crippen MR) is 85.5 cm³/mol. The van der Waals surface area contributed by atoms with Gasteiger partial charge >= 0.3 is 0 Å². The van der Waals surface area contributed by atoms with E-state index in [4.69, 9.17) is 4.74 Å². The Morgan fingerprint density at radius 1 is 1.50 bits per heavy atom. The summed E-state index contributed by atoms with van der Waals surface area (Å²) in [6, 6.07) is 6.39. The molecule has 128 valence electrons. The maximum Gasteiger partial charge on any atom is 0.225 e. The lowest BCUT2D eigenvalue weighted by Crippen LogP contribution is -2.45. The molecule has 1 fully saturated rings. The fourth-order valence-electron chi connectivity index (χ4n) is 3.01. The smallest absolute Gasteiger partial charge is 0.225 e. The first-order valence-electron chi connectivity index (χ1n) is 8.03. The third-order valence-electron chi connectivity index (χ3n) is 4.27. The number of morpholine rings is 1.